The molecule has 0 spiro atoms. The number of rotatable bonds is 5. The second-order valence-electron chi connectivity index (χ2n) is 6.91. The van der Waals surface area contributed by atoms with Gasteiger partial charge in [-0.25, -0.2) is 0 Å². The van der Waals surface area contributed by atoms with Crippen LogP contribution < -0.4 is 0 Å². The van der Waals surface area contributed by atoms with Crippen molar-refractivity contribution in [2.45, 2.75) is 71.9 Å². The molecule has 4 nitrogen and oxygen atoms in total. The number of fused-ring (bicyclic) bond motifs is 1. The lowest BCUT2D eigenvalue weighted by Crippen LogP contribution is -2.67. The minimum atomic E-state index is -0.257. The van der Waals surface area contributed by atoms with E-state index in [9.17, 15) is 9.59 Å². The molecule has 2 heterocycles. The largest absolute Gasteiger partial charge is 0.329 e. The molecule has 0 aromatic heterocycles. The van der Waals surface area contributed by atoms with Crippen molar-refractivity contribution in [3.05, 3.63) is 0 Å². The van der Waals surface area contributed by atoms with Crippen LogP contribution in [0.2, 0.25) is 0 Å². The molecule has 21 heavy (non-hydrogen) atoms. The van der Waals surface area contributed by atoms with Gasteiger partial charge in [-0.05, 0) is 31.1 Å². The number of nitrogens with zero attached hydrogens (tertiary/aromatic N) is 2. The number of amides is 2. The van der Waals surface area contributed by atoms with Crippen LogP contribution in [0.1, 0.15) is 59.8 Å². The molecule has 2 rings (SSSR count). The highest BCUT2D eigenvalue weighted by Crippen LogP contribution is 2.30. The van der Waals surface area contributed by atoms with Crippen molar-refractivity contribution in [3.8, 4) is 0 Å². The van der Waals surface area contributed by atoms with E-state index in [1.165, 1.54) is 0 Å². The third-order valence-electron chi connectivity index (χ3n) is 5.18. The van der Waals surface area contributed by atoms with Crippen LogP contribution in [-0.4, -0.2) is 46.8 Å². The maximum absolute atomic E-state index is 12.9. The molecule has 0 saturated carbocycles. The van der Waals surface area contributed by atoms with Crippen molar-refractivity contribution in [2.75, 3.05) is 13.1 Å². The fourth-order valence-corrected chi connectivity index (χ4v) is 3.76. The van der Waals surface area contributed by atoms with Gasteiger partial charge in [0.1, 0.15) is 12.1 Å². The molecular weight excluding hydrogens is 264 g/mol. The molecule has 0 aromatic carbocycles. The Morgan fingerprint density at radius 1 is 1.10 bits per heavy atom. The zero-order valence-electron chi connectivity index (χ0n) is 14.0. The standard InChI is InChI=1S/C17H30N2O2/c1-5-13(6-2)11-19-15(12(3)4)17(21)18-10-8-7-9-14(18)16(19)20/h12-15H,5-11H2,1-4H3. The molecule has 2 aliphatic heterocycles. The first-order valence-corrected chi connectivity index (χ1v) is 8.62. The zero-order valence-corrected chi connectivity index (χ0v) is 14.0. The summed E-state index contributed by atoms with van der Waals surface area (Å²) in [4.78, 5) is 29.5. The molecule has 120 valence electrons. The summed E-state index contributed by atoms with van der Waals surface area (Å²) in [5.74, 6) is 1.05. The van der Waals surface area contributed by atoms with Crippen LogP contribution in [0.4, 0.5) is 0 Å². The van der Waals surface area contributed by atoms with Gasteiger partial charge >= 0.3 is 0 Å². The van der Waals surface area contributed by atoms with Crippen molar-refractivity contribution in [1.82, 2.24) is 9.80 Å². The van der Waals surface area contributed by atoms with E-state index >= 15 is 0 Å². The zero-order chi connectivity index (χ0) is 15.6. The van der Waals surface area contributed by atoms with Gasteiger partial charge < -0.3 is 9.80 Å². The van der Waals surface area contributed by atoms with E-state index in [2.05, 4.69) is 27.7 Å². The van der Waals surface area contributed by atoms with E-state index in [1.807, 2.05) is 9.80 Å². The summed E-state index contributed by atoms with van der Waals surface area (Å²) in [5.41, 5.74) is 0. The number of carbonyl (C=O) groups is 2. The summed E-state index contributed by atoms with van der Waals surface area (Å²) < 4.78 is 0. The predicted octanol–water partition coefficient (Wildman–Crippen LogP) is 2.67. The van der Waals surface area contributed by atoms with Gasteiger partial charge in [-0.15, -0.1) is 0 Å². The van der Waals surface area contributed by atoms with Crippen molar-refractivity contribution in [2.24, 2.45) is 11.8 Å². The summed E-state index contributed by atoms with van der Waals surface area (Å²) >= 11 is 0. The smallest absolute Gasteiger partial charge is 0.246 e. The summed E-state index contributed by atoms with van der Waals surface area (Å²) in [6.07, 6.45) is 5.06. The average Bonchev–Trinajstić information content (AvgIpc) is 2.49. The van der Waals surface area contributed by atoms with Crippen LogP contribution in [0.3, 0.4) is 0 Å². The average molecular weight is 294 g/mol. The monoisotopic (exact) mass is 294 g/mol. The van der Waals surface area contributed by atoms with Gasteiger partial charge in [-0.3, -0.25) is 9.59 Å². The molecular formula is C17H30N2O2. The minimum absolute atomic E-state index is 0.179. The van der Waals surface area contributed by atoms with Crippen molar-refractivity contribution in [1.29, 1.82) is 0 Å². The first-order chi connectivity index (χ1) is 10.0. The van der Waals surface area contributed by atoms with Crippen LogP contribution in [0, 0.1) is 11.8 Å². The van der Waals surface area contributed by atoms with Crippen LogP contribution in [-0.2, 0) is 9.59 Å². The Bertz CT molecular complexity index is 390. The molecule has 2 unspecified atom stereocenters. The molecule has 2 amide bonds. The SMILES string of the molecule is CCC(CC)CN1C(=O)C2CCCCN2C(=O)C1C(C)C. The normalized spacial score (nSPS) is 26.8. The van der Waals surface area contributed by atoms with Gasteiger partial charge in [-0.2, -0.15) is 0 Å². The third kappa shape index (κ3) is 3.09. The highest BCUT2D eigenvalue weighted by molar-refractivity contribution is 5.97. The van der Waals surface area contributed by atoms with E-state index < -0.39 is 0 Å². The molecule has 0 aliphatic carbocycles. The van der Waals surface area contributed by atoms with Crippen LogP contribution in [0.25, 0.3) is 0 Å². The highest BCUT2D eigenvalue weighted by atomic mass is 16.2. The van der Waals surface area contributed by atoms with Crippen molar-refractivity contribution < 1.29 is 9.59 Å². The van der Waals surface area contributed by atoms with Gasteiger partial charge in [-0.1, -0.05) is 40.5 Å². The van der Waals surface area contributed by atoms with Crippen molar-refractivity contribution >= 4 is 11.8 Å². The molecule has 2 fully saturated rings. The summed E-state index contributed by atoms with van der Waals surface area (Å²) in [6.45, 7) is 9.95. The van der Waals surface area contributed by atoms with E-state index in [1.54, 1.807) is 0 Å². The quantitative estimate of drug-likeness (QED) is 0.782. The van der Waals surface area contributed by atoms with E-state index in [0.717, 1.165) is 45.2 Å². The molecule has 0 radical (unpaired) electrons. The van der Waals surface area contributed by atoms with Crippen LogP contribution >= 0.6 is 0 Å². The van der Waals surface area contributed by atoms with E-state index in [0.29, 0.717) is 5.92 Å². The maximum atomic E-state index is 12.9. The number of hydrogen-bond donors (Lipinski definition) is 0. The lowest BCUT2D eigenvalue weighted by Gasteiger charge is -2.49. The summed E-state index contributed by atoms with van der Waals surface area (Å²) in [6, 6.07) is -0.442. The van der Waals surface area contributed by atoms with Crippen LogP contribution in [0.15, 0.2) is 0 Å². The second-order valence-corrected chi connectivity index (χ2v) is 6.91. The third-order valence-corrected chi connectivity index (χ3v) is 5.18. The molecule has 0 N–H and O–H groups in total. The highest BCUT2D eigenvalue weighted by Gasteiger charge is 2.47. The van der Waals surface area contributed by atoms with E-state index in [-0.39, 0.29) is 29.8 Å². The number of piperazine rings is 1. The Morgan fingerprint density at radius 3 is 2.33 bits per heavy atom. The second kappa shape index (κ2) is 6.80. The number of carbonyl (C=O) groups excluding carboxylic acids is 2. The summed E-state index contributed by atoms with van der Waals surface area (Å²) in [5, 5.41) is 0. The Hall–Kier alpha value is -1.06. The van der Waals surface area contributed by atoms with E-state index in [4.69, 9.17) is 0 Å². The predicted molar refractivity (Wildman–Crippen MR) is 83.8 cm³/mol. The number of piperidine rings is 1. The Kier molecular flexibility index (Phi) is 5.28. The van der Waals surface area contributed by atoms with Crippen molar-refractivity contribution in [3.63, 3.8) is 0 Å². The molecule has 2 aliphatic rings. The topological polar surface area (TPSA) is 40.6 Å². The van der Waals surface area contributed by atoms with Crippen LogP contribution in [0.5, 0.6) is 0 Å². The molecule has 0 aromatic rings. The lowest BCUT2D eigenvalue weighted by atomic mass is 9.89. The molecule has 0 bridgehead atoms. The summed E-state index contributed by atoms with van der Waals surface area (Å²) in [7, 11) is 0. The fourth-order valence-electron chi connectivity index (χ4n) is 3.76. The Balaban J connectivity index is 2.26. The van der Waals surface area contributed by atoms with Gasteiger partial charge in [0.05, 0.1) is 0 Å². The maximum Gasteiger partial charge on any atom is 0.246 e. The fraction of sp³-hybridized carbons (Fsp3) is 0.882. The first-order valence-electron chi connectivity index (χ1n) is 8.62. The minimum Gasteiger partial charge on any atom is -0.329 e. The Morgan fingerprint density at radius 2 is 1.76 bits per heavy atom. The Labute approximate surface area is 128 Å². The first kappa shape index (κ1) is 16.3. The molecule has 4 heteroatoms. The van der Waals surface area contributed by atoms with Gasteiger partial charge in [0.2, 0.25) is 11.8 Å². The molecule has 2 atom stereocenters. The lowest BCUT2D eigenvalue weighted by molar-refractivity contribution is -0.166. The van der Waals surface area contributed by atoms with Gasteiger partial charge in [0.25, 0.3) is 0 Å². The number of hydrogen-bond acceptors (Lipinski definition) is 2. The van der Waals surface area contributed by atoms with Gasteiger partial charge in [0.15, 0.2) is 0 Å². The van der Waals surface area contributed by atoms with Gasteiger partial charge in [0, 0.05) is 13.1 Å². The molecule has 2 saturated heterocycles.